The van der Waals surface area contributed by atoms with Crippen LogP contribution in [0.5, 0.6) is 0 Å². The van der Waals surface area contributed by atoms with Gasteiger partial charge in [0.15, 0.2) is 0 Å². The molecule has 0 bridgehead atoms. The molecule has 0 nitrogen and oxygen atoms in total. The van der Waals surface area contributed by atoms with Gasteiger partial charge in [-0.2, -0.15) is 45.3 Å². The molecule has 4 heteroatoms. The van der Waals surface area contributed by atoms with Crippen LogP contribution in [0.25, 0.3) is 44.5 Å². The predicted molar refractivity (Wildman–Crippen MR) is 198 cm³/mol. The summed E-state index contributed by atoms with van der Waals surface area (Å²) in [5.74, 6) is 0. The summed E-state index contributed by atoms with van der Waals surface area (Å²) < 4.78 is 0. The van der Waals surface area contributed by atoms with Crippen LogP contribution in [0.3, 0.4) is 0 Å². The number of thiophene rings is 4. The lowest BCUT2D eigenvalue weighted by molar-refractivity contribution is 0.745. The highest BCUT2D eigenvalue weighted by Crippen LogP contribution is 2.47. The van der Waals surface area contributed by atoms with Crippen LogP contribution in [-0.4, -0.2) is 0 Å². The SMILES string of the molecule is c1cc(-c2ccc(C(c3ccc(-c4ccsc4)cc3)(c3ccc(-c4ccsc4)cc3)c3ccc(-c4ccsc4)cc3)cc2)cs1. The summed E-state index contributed by atoms with van der Waals surface area (Å²) in [7, 11) is 0. The van der Waals surface area contributed by atoms with E-state index in [0.717, 1.165) is 0 Å². The molecule has 216 valence electrons. The predicted octanol–water partition coefficient (Wildman–Crippen LogP) is 13.0. The van der Waals surface area contributed by atoms with Crippen molar-refractivity contribution in [3.63, 3.8) is 0 Å². The third-order valence-corrected chi connectivity index (χ3v) is 11.4. The third-order valence-electron chi connectivity index (χ3n) is 8.69. The second kappa shape index (κ2) is 12.2. The Morgan fingerprint density at radius 1 is 0.244 bits per heavy atom. The smallest absolute Gasteiger partial charge is 0.0701 e. The molecule has 0 radical (unpaired) electrons. The number of hydrogen-bond donors (Lipinski definition) is 0. The van der Waals surface area contributed by atoms with Gasteiger partial charge < -0.3 is 0 Å². The fourth-order valence-corrected chi connectivity index (χ4v) is 9.03. The molecular formula is C41H28S4. The summed E-state index contributed by atoms with van der Waals surface area (Å²) in [5, 5.41) is 17.5. The van der Waals surface area contributed by atoms with Crippen molar-refractivity contribution in [2.75, 3.05) is 0 Å². The van der Waals surface area contributed by atoms with E-state index in [-0.39, 0.29) is 0 Å². The maximum Gasteiger partial charge on any atom is 0.0701 e. The molecule has 0 spiro atoms. The van der Waals surface area contributed by atoms with Crippen LogP contribution in [0, 0.1) is 0 Å². The van der Waals surface area contributed by atoms with Crippen LogP contribution in [0.1, 0.15) is 22.3 Å². The highest BCUT2D eigenvalue weighted by atomic mass is 32.1. The van der Waals surface area contributed by atoms with Crippen molar-refractivity contribution in [1.82, 2.24) is 0 Å². The van der Waals surface area contributed by atoms with Crippen molar-refractivity contribution in [1.29, 1.82) is 0 Å². The molecule has 0 fully saturated rings. The molecule has 45 heavy (non-hydrogen) atoms. The van der Waals surface area contributed by atoms with Gasteiger partial charge in [0.2, 0.25) is 0 Å². The quantitative estimate of drug-likeness (QED) is 0.144. The van der Waals surface area contributed by atoms with Crippen molar-refractivity contribution in [2.24, 2.45) is 0 Å². The van der Waals surface area contributed by atoms with E-state index in [1.165, 1.54) is 66.8 Å². The van der Waals surface area contributed by atoms with Gasteiger partial charge in [0.05, 0.1) is 5.41 Å². The van der Waals surface area contributed by atoms with E-state index >= 15 is 0 Å². The van der Waals surface area contributed by atoms with Crippen LogP contribution in [0.4, 0.5) is 0 Å². The molecule has 4 aromatic heterocycles. The molecule has 0 unspecified atom stereocenters. The van der Waals surface area contributed by atoms with Gasteiger partial charge in [0.25, 0.3) is 0 Å². The van der Waals surface area contributed by atoms with E-state index in [9.17, 15) is 0 Å². The Morgan fingerprint density at radius 2 is 0.467 bits per heavy atom. The number of rotatable bonds is 8. The van der Waals surface area contributed by atoms with Gasteiger partial charge >= 0.3 is 0 Å². The normalized spacial score (nSPS) is 11.6. The summed E-state index contributed by atoms with van der Waals surface area (Å²) in [6, 6.07) is 45.7. The molecule has 0 aliphatic carbocycles. The van der Waals surface area contributed by atoms with Crippen LogP contribution >= 0.6 is 45.3 Å². The Balaban J connectivity index is 1.35. The lowest BCUT2D eigenvalue weighted by atomic mass is 9.64. The first-order valence-electron chi connectivity index (χ1n) is 14.8. The van der Waals surface area contributed by atoms with E-state index in [1.807, 2.05) is 0 Å². The van der Waals surface area contributed by atoms with Gasteiger partial charge in [-0.1, -0.05) is 97.1 Å². The van der Waals surface area contributed by atoms with Gasteiger partial charge in [0.1, 0.15) is 0 Å². The molecule has 4 heterocycles. The first-order chi connectivity index (χ1) is 22.3. The average molecular weight is 649 g/mol. The van der Waals surface area contributed by atoms with Crippen LogP contribution in [0.15, 0.2) is 164 Å². The summed E-state index contributed by atoms with van der Waals surface area (Å²) >= 11 is 6.95. The van der Waals surface area contributed by atoms with Crippen LogP contribution < -0.4 is 0 Å². The first-order valence-corrected chi connectivity index (χ1v) is 18.6. The summed E-state index contributed by atoms with van der Waals surface area (Å²) in [6.45, 7) is 0. The molecular weight excluding hydrogens is 621 g/mol. The van der Waals surface area contributed by atoms with E-state index in [1.54, 1.807) is 45.3 Å². The van der Waals surface area contributed by atoms with E-state index < -0.39 is 5.41 Å². The molecule has 0 saturated heterocycles. The maximum atomic E-state index is 2.33. The van der Waals surface area contributed by atoms with Crippen molar-refractivity contribution in [3.05, 3.63) is 187 Å². The Labute approximate surface area is 280 Å². The Kier molecular flexibility index (Phi) is 7.66. The van der Waals surface area contributed by atoms with Crippen molar-refractivity contribution < 1.29 is 0 Å². The number of hydrogen-bond acceptors (Lipinski definition) is 4. The number of benzene rings is 4. The summed E-state index contributed by atoms with van der Waals surface area (Å²) in [6.07, 6.45) is 0. The minimum Gasteiger partial charge on any atom is -0.152 e. The largest absolute Gasteiger partial charge is 0.152 e. The van der Waals surface area contributed by atoms with Crippen molar-refractivity contribution in [2.45, 2.75) is 5.41 Å². The molecule has 0 atom stereocenters. The molecule has 8 rings (SSSR count). The van der Waals surface area contributed by atoms with E-state index in [0.29, 0.717) is 0 Å². The van der Waals surface area contributed by atoms with Gasteiger partial charge in [0, 0.05) is 0 Å². The summed E-state index contributed by atoms with van der Waals surface area (Å²) in [4.78, 5) is 0. The van der Waals surface area contributed by atoms with E-state index in [2.05, 4.69) is 164 Å². The Morgan fingerprint density at radius 3 is 0.644 bits per heavy atom. The van der Waals surface area contributed by atoms with Crippen LogP contribution in [-0.2, 0) is 5.41 Å². The first kappa shape index (κ1) is 28.2. The van der Waals surface area contributed by atoms with Crippen molar-refractivity contribution >= 4 is 45.3 Å². The molecule has 0 saturated carbocycles. The average Bonchev–Trinajstić information content (AvgIpc) is 3.95. The van der Waals surface area contributed by atoms with Gasteiger partial charge in [-0.15, -0.1) is 0 Å². The zero-order chi connectivity index (χ0) is 30.1. The molecule has 8 aromatic rings. The van der Waals surface area contributed by atoms with Gasteiger partial charge in [-0.25, -0.2) is 0 Å². The van der Waals surface area contributed by atoms with Gasteiger partial charge in [-0.3, -0.25) is 0 Å². The molecule has 0 aliphatic heterocycles. The zero-order valence-electron chi connectivity index (χ0n) is 24.3. The lowest BCUT2D eigenvalue weighted by Crippen LogP contribution is -2.31. The Hall–Kier alpha value is -4.32. The fraction of sp³-hybridized carbons (Fsp3) is 0.0244. The van der Waals surface area contributed by atoms with E-state index in [4.69, 9.17) is 0 Å². The summed E-state index contributed by atoms with van der Waals surface area (Å²) in [5.41, 5.74) is 14.5. The molecule has 4 aromatic carbocycles. The monoisotopic (exact) mass is 648 g/mol. The minimum absolute atomic E-state index is 0.527. The highest BCUT2D eigenvalue weighted by molar-refractivity contribution is 7.09. The fourth-order valence-electron chi connectivity index (χ4n) is 6.37. The van der Waals surface area contributed by atoms with Crippen molar-refractivity contribution in [3.8, 4) is 44.5 Å². The second-order valence-corrected chi connectivity index (χ2v) is 14.2. The molecule has 0 aliphatic rings. The van der Waals surface area contributed by atoms with Gasteiger partial charge in [-0.05, 0) is 134 Å². The zero-order valence-corrected chi connectivity index (χ0v) is 27.6. The second-order valence-electron chi connectivity index (χ2n) is 11.1. The third kappa shape index (κ3) is 5.24. The minimum atomic E-state index is -0.527. The Bertz CT molecular complexity index is 1760. The molecule has 0 amide bonds. The topological polar surface area (TPSA) is 0 Å². The van der Waals surface area contributed by atoms with Crippen LogP contribution in [0.2, 0.25) is 0 Å². The standard InChI is InChI=1S/C41H28S4/c1-9-37(10-2-29(1)33-17-21-42-25-33)41(38-11-3-30(4-12-38)34-18-22-43-26-34,39-13-5-31(6-14-39)35-19-23-44-27-35)40-15-7-32(8-16-40)36-20-24-45-28-36/h1-28H. The highest BCUT2D eigenvalue weighted by Gasteiger charge is 2.38. The maximum absolute atomic E-state index is 2.33. The lowest BCUT2D eigenvalue weighted by Gasteiger charge is -2.37. The molecule has 0 N–H and O–H groups in total.